The molecular weight excluding hydrogens is 232 g/mol. The Kier molecular flexibility index (Phi) is 4.79. The fraction of sp³-hybridized carbons (Fsp3) is 0.500. The van der Waals surface area contributed by atoms with E-state index >= 15 is 0 Å². The molecule has 1 aromatic rings. The molecule has 0 bridgehead atoms. The van der Waals surface area contributed by atoms with E-state index in [-0.39, 0.29) is 24.4 Å². The van der Waals surface area contributed by atoms with Crippen LogP contribution in [0.3, 0.4) is 0 Å². The van der Waals surface area contributed by atoms with E-state index in [2.05, 4.69) is 10.6 Å². The van der Waals surface area contributed by atoms with Gasteiger partial charge in [-0.25, -0.2) is 0 Å². The molecule has 1 aliphatic heterocycles. The summed E-state index contributed by atoms with van der Waals surface area (Å²) in [6.07, 6.45) is 1.63. The van der Waals surface area contributed by atoms with Gasteiger partial charge in [0, 0.05) is 6.54 Å². The molecule has 1 amide bonds. The summed E-state index contributed by atoms with van der Waals surface area (Å²) >= 11 is 0. The minimum absolute atomic E-state index is 0. The second kappa shape index (κ2) is 5.89. The third kappa shape index (κ3) is 3.23. The summed E-state index contributed by atoms with van der Waals surface area (Å²) in [7, 11) is 0. The number of amides is 1. The first-order valence-corrected chi connectivity index (χ1v) is 4.97. The average Bonchev–Trinajstić information content (AvgIpc) is 2.84. The molecule has 0 radical (unpaired) electrons. The van der Waals surface area contributed by atoms with E-state index in [0.29, 0.717) is 19.5 Å². The first kappa shape index (κ1) is 13.0. The van der Waals surface area contributed by atoms with Gasteiger partial charge in [-0.3, -0.25) is 4.79 Å². The van der Waals surface area contributed by atoms with Gasteiger partial charge in [-0.15, -0.1) is 12.4 Å². The molecule has 2 heterocycles. The minimum atomic E-state index is -0.413. The highest BCUT2D eigenvalue weighted by molar-refractivity contribution is 5.85. The first-order valence-electron chi connectivity index (χ1n) is 4.97. The molecular formula is C10H15ClN2O3. The van der Waals surface area contributed by atoms with Crippen LogP contribution in [0.15, 0.2) is 22.8 Å². The van der Waals surface area contributed by atoms with Crippen LogP contribution < -0.4 is 10.6 Å². The number of β-amino-alcohol motifs (C(OH)–C–C–N with tert-alkyl or cyclic N) is 1. The van der Waals surface area contributed by atoms with Gasteiger partial charge in [-0.05, 0) is 18.6 Å². The number of hydrogen-bond donors (Lipinski definition) is 3. The molecule has 90 valence electrons. The van der Waals surface area contributed by atoms with Crippen molar-refractivity contribution in [2.24, 2.45) is 0 Å². The van der Waals surface area contributed by atoms with Crippen LogP contribution >= 0.6 is 12.4 Å². The van der Waals surface area contributed by atoms with Crippen molar-refractivity contribution in [2.45, 2.75) is 25.1 Å². The fourth-order valence-electron chi connectivity index (χ4n) is 1.63. The number of hydrogen-bond acceptors (Lipinski definition) is 4. The standard InChI is InChI=1S/C10H14N2O3.ClH/c13-7-4-9(11-5-7)10(14)12-6-8-2-1-3-15-8;/h1-3,7,9,11,13H,4-6H2,(H,12,14);1H/t7-,9+;/m0./s1. The summed E-state index contributed by atoms with van der Waals surface area (Å²) < 4.78 is 5.08. The lowest BCUT2D eigenvalue weighted by atomic mass is 10.2. The Bertz CT molecular complexity index is 329. The zero-order valence-electron chi connectivity index (χ0n) is 8.68. The number of nitrogens with one attached hydrogen (secondary N) is 2. The normalized spacial score (nSPS) is 23.8. The summed E-state index contributed by atoms with van der Waals surface area (Å²) in [4.78, 5) is 11.6. The second-order valence-electron chi connectivity index (χ2n) is 3.65. The molecule has 5 nitrogen and oxygen atoms in total. The van der Waals surface area contributed by atoms with Crippen LogP contribution in [0.4, 0.5) is 0 Å². The predicted molar refractivity (Wildman–Crippen MR) is 60.2 cm³/mol. The van der Waals surface area contributed by atoms with Crippen LogP contribution in [0.5, 0.6) is 0 Å². The number of rotatable bonds is 3. The highest BCUT2D eigenvalue weighted by atomic mass is 35.5. The Balaban J connectivity index is 0.00000128. The smallest absolute Gasteiger partial charge is 0.237 e. The van der Waals surface area contributed by atoms with Crippen molar-refractivity contribution in [3.8, 4) is 0 Å². The molecule has 0 aromatic carbocycles. The van der Waals surface area contributed by atoms with Gasteiger partial charge < -0.3 is 20.2 Å². The Labute approximate surface area is 99.6 Å². The molecule has 0 saturated carbocycles. The quantitative estimate of drug-likeness (QED) is 0.704. The van der Waals surface area contributed by atoms with Gasteiger partial charge in [0.15, 0.2) is 0 Å². The zero-order valence-corrected chi connectivity index (χ0v) is 9.50. The van der Waals surface area contributed by atoms with E-state index in [1.807, 2.05) is 0 Å². The Morgan fingerprint density at radius 1 is 1.69 bits per heavy atom. The van der Waals surface area contributed by atoms with E-state index in [4.69, 9.17) is 4.42 Å². The molecule has 3 N–H and O–H groups in total. The number of aliphatic hydroxyl groups excluding tert-OH is 1. The average molecular weight is 247 g/mol. The zero-order chi connectivity index (χ0) is 10.7. The number of furan rings is 1. The molecule has 16 heavy (non-hydrogen) atoms. The van der Waals surface area contributed by atoms with Gasteiger partial charge in [0.2, 0.25) is 5.91 Å². The number of halogens is 1. The van der Waals surface area contributed by atoms with Crippen molar-refractivity contribution < 1.29 is 14.3 Å². The third-order valence-electron chi connectivity index (χ3n) is 2.44. The summed E-state index contributed by atoms with van der Waals surface area (Å²) in [6.45, 7) is 0.874. The molecule has 1 aliphatic rings. The molecule has 0 aliphatic carbocycles. The maximum absolute atomic E-state index is 11.6. The molecule has 1 aromatic heterocycles. The van der Waals surface area contributed by atoms with E-state index < -0.39 is 6.10 Å². The summed E-state index contributed by atoms with van der Waals surface area (Å²) in [5.41, 5.74) is 0. The molecule has 1 saturated heterocycles. The van der Waals surface area contributed by atoms with E-state index in [0.717, 1.165) is 5.76 Å². The largest absolute Gasteiger partial charge is 0.467 e. The maximum atomic E-state index is 11.6. The van der Waals surface area contributed by atoms with Crippen molar-refractivity contribution >= 4 is 18.3 Å². The van der Waals surface area contributed by atoms with E-state index in [1.54, 1.807) is 18.4 Å². The molecule has 6 heteroatoms. The van der Waals surface area contributed by atoms with Gasteiger partial charge in [0.1, 0.15) is 5.76 Å². The lowest BCUT2D eigenvalue weighted by Crippen LogP contribution is -2.39. The number of carbonyl (C=O) groups excluding carboxylic acids is 1. The Morgan fingerprint density at radius 2 is 2.50 bits per heavy atom. The first-order chi connectivity index (χ1) is 7.25. The Morgan fingerprint density at radius 3 is 3.06 bits per heavy atom. The lowest BCUT2D eigenvalue weighted by Gasteiger charge is -2.09. The molecule has 0 spiro atoms. The van der Waals surface area contributed by atoms with Crippen molar-refractivity contribution in [2.75, 3.05) is 6.54 Å². The molecule has 2 rings (SSSR count). The fourth-order valence-corrected chi connectivity index (χ4v) is 1.63. The van der Waals surface area contributed by atoms with Crippen molar-refractivity contribution in [3.05, 3.63) is 24.2 Å². The van der Waals surface area contributed by atoms with Crippen molar-refractivity contribution in [3.63, 3.8) is 0 Å². The number of carbonyl (C=O) groups is 1. The van der Waals surface area contributed by atoms with Crippen molar-refractivity contribution in [1.82, 2.24) is 10.6 Å². The van der Waals surface area contributed by atoms with Crippen LogP contribution in [-0.4, -0.2) is 29.7 Å². The van der Waals surface area contributed by atoms with Gasteiger partial charge in [0.25, 0.3) is 0 Å². The highest BCUT2D eigenvalue weighted by Gasteiger charge is 2.27. The van der Waals surface area contributed by atoms with E-state index in [1.165, 1.54) is 0 Å². The maximum Gasteiger partial charge on any atom is 0.237 e. The van der Waals surface area contributed by atoms with Gasteiger partial charge >= 0.3 is 0 Å². The SMILES string of the molecule is Cl.O=C(NCc1ccco1)[C@H]1C[C@H](O)CN1. The second-order valence-corrected chi connectivity index (χ2v) is 3.65. The van der Waals surface area contributed by atoms with Crippen LogP contribution in [0, 0.1) is 0 Å². The Hall–Kier alpha value is -1.04. The van der Waals surface area contributed by atoms with Gasteiger partial charge in [-0.2, -0.15) is 0 Å². The monoisotopic (exact) mass is 246 g/mol. The van der Waals surface area contributed by atoms with Crippen LogP contribution in [0.1, 0.15) is 12.2 Å². The lowest BCUT2D eigenvalue weighted by molar-refractivity contribution is -0.123. The van der Waals surface area contributed by atoms with E-state index in [9.17, 15) is 9.90 Å². The molecule has 2 atom stereocenters. The topological polar surface area (TPSA) is 74.5 Å². The minimum Gasteiger partial charge on any atom is -0.467 e. The summed E-state index contributed by atoms with van der Waals surface area (Å²) in [5.74, 6) is 0.629. The summed E-state index contributed by atoms with van der Waals surface area (Å²) in [6, 6.07) is 3.30. The van der Waals surface area contributed by atoms with Gasteiger partial charge in [-0.1, -0.05) is 0 Å². The van der Waals surface area contributed by atoms with Crippen LogP contribution in [-0.2, 0) is 11.3 Å². The predicted octanol–water partition coefficient (Wildman–Crippen LogP) is 0.0404. The van der Waals surface area contributed by atoms with Crippen LogP contribution in [0.25, 0.3) is 0 Å². The highest BCUT2D eigenvalue weighted by Crippen LogP contribution is 2.06. The van der Waals surface area contributed by atoms with Crippen molar-refractivity contribution in [1.29, 1.82) is 0 Å². The number of aliphatic hydroxyl groups is 1. The molecule has 1 fully saturated rings. The van der Waals surface area contributed by atoms with Crippen LogP contribution in [0.2, 0.25) is 0 Å². The molecule has 0 unspecified atom stereocenters. The van der Waals surface area contributed by atoms with Gasteiger partial charge in [0.05, 0.1) is 25.0 Å². The third-order valence-corrected chi connectivity index (χ3v) is 2.44. The summed E-state index contributed by atoms with van der Waals surface area (Å²) in [5, 5.41) is 14.9.